The topological polar surface area (TPSA) is 92.5 Å². The van der Waals surface area contributed by atoms with Crippen LogP contribution < -0.4 is 11.1 Å². The maximum atomic E-state index is 12.2. The van der Waals surface area contributed by atoms with E-state index >= 15 is 0 Å². The molecule has 0 bridgehead atoms. The SMILES string of the molecule is CCC(C)C(N)C(=O)NC1CCN(S(=O)(=O)CC(C)C)CC1.Cl. The Morgan fingerprint density at radius 1 is 1.26 bits per heavy atom. The van der Waals surface area contributed by atoms with E-state index in [1.807, 2.05) is 27.7 Å². The number of hydrogen-bond acceptors (Lipinski definition) is 4. The second-order valence-electron chi connectivity index (χ2n) is 6.77. The molecule has 8 heteroatoms. The second-order valence-corrected chi connectivity index (χ2v) is 8.78. The number of piperidine rings is 1. The molecule has 1 heterocycles. The Labute approximate surface area is 147 Å². The van der Waals surface area contributed by atoms with Crippen molar-refractivity contribution in [3.63, 3.8) is 0 Å². The highest BCUT2D eigenvalue weighted by atomic mass is 35.5. The van der Waals surface area contributed by atoms with Crippen molar-refractivity contribution in [2.45, 2.75) is 59.0 Å². The number of carbonyl (C=O) groups is 1. The Balaban J connectivity index is 0.00000484. The van der Waals surface area contributed by atoms with E-state index in [2.05, 4.69) is 5.32 Å². The van der Waals surface area contributed by atoms with Gasteiger partial charge >= 0.3 is 0 Å². The molecule has 138 valence electrons. The van der Waals surface area contributed by atoms with Crippen LogP contribution >= 0.6 is 12.4 Å². The molecule has 6 nitrogen and oxygen atoms in total. The van der Waals surface area contributed by atoms with Gasteiger partial charge in [0.05, 0.1) is 11.8 Å². The highest BCUT2D eigenvalue weighted by molar-refractivity contribution is 7.89. The predicted octanol–water partition coefficient (Wildman–Crippen LogP) is 1.35. The molecule has 1 aliphatic heterocycles. The monoisotopic (exact) mass is 369 g/mol. The summed E-state index contributed by atoms with van der Waals surface area (Å²) < 4.78 is 25.9. The van der Waals surface area contributed by atoms with Crippen molar-refractivity contribution in [3.05, 3.63) is 0 Å². The molecular weight excluding hydrogens is 338 g/mol. The van der Waals surface area contributed by atoms with Gasteiger partial charge in [0.15, 0.2) is 0 Å². The molecule has 23 heavy (non-hydrogen) atoms. The summed E-state index contributed by atoms with van der Waals surface area (Å²) >= 11 is 0. The van der Waals surface area contributed by atoms with Gasteiger partial charge in [-0.25, -0.2) is 12.7 Å². The van der Waals surface area contributed by atoms with E-state index in [-0.39, 0.29) is 41.9 Å². The highest BCUT2D eigenvalue weighted by Crippen LogP contribution is 2.17. The first kappa shape index (κ1) is 22.6. The van der Waals surface area contributed by atoms with Gasteiger partial charge in [-0.3, -0.25) is 4.79 Å². The summed E-state index contributed by atoms with van der Waals surface area (Å²) in [6, 6.07) is -0.471. The van der Waals surface area contributed by atoms with Gasteiger partial charge in [0.25, 0.3) is 0 Å². The lowest BCUT2D eigenvalue weighted by Gasteiger charge is -2.33. The fourth-order valence-corrected chi connectivity index (χ4v) is 4.44. The first-order valence-corrected chi connectivity index (χ1v) is 9.82. The molecular formula is C15H32ClN3O3S. The van der Waals surface area contributed by atoms with E-state index in [4.69, 9.17) is 5.73 Å². The molecule has 1 amide bonds. The molecule has 2 atom stereocenters. The molecule has 3 N–H and O–H groups in total. The predicted molar refractivity (Wildman–Crippen MR) is 96.0 cm³/mol. The normalized spacial score (nSPS) is 19.9. The van der Waals surface area contributed by atoms with Crippen molar-refractivity contribution in [1.82, 2.24) is 9.62 Å². The van der Waals surface area contributed by atoms with Gasteiger partial charge in [-0.1, -0.05) is 34.1 Å². The second kappa shape index (κ2) is 9.81. The molecule has 1 rings (SSSR count). The summed E-state index contributed by atoms with van der Waals surface area (Å²) in [4.78, 5) is 12.1. The van der Waals surface area contributed by atoms with Crippen LogP contribution in [0.1, 0.15) is 47.0 Å². The van der Waals surface area contributed by atoms with E-state index in [1.54, 1.807) is 4.31 Å². The van der Waals surface area contributed by atoms with E-state index in [1.165, 1.54) is 0 Å². The average molecular weight is 370 g/mol. The number of halogens is 1. The molecule has 0 aromatic rings. The maximum Gasteiger partial charge on any atom is 0.237 e. The molecule has 0 aliphatic carbocycles. The molecule has 0 spiro atoms. The highest BCUT2D eigenvalue weighted by Gasteiger charge is 2.30. The number of nitrogens with one attached hydrogen (secondary N) is 1. The summed E-state index contributed by atoms with van der Waals surface area (Å²) in [5.41, 5.74) is 5.92. The Bertz CT molecular complexity index is 463. The number of hydrogen-bond donors (Lipinski definition) is 2. The summed E-state index contributed by atoms with van der Waals surface area (Å²) in [5.74, 6) is 0.323. The van der Waals surface area contributed by atoms with Crippen molar-refractivity contribution < 1.29 is 13.2 Å². The van der Waals surface area contributed by atoms with Gasteiger partial charge in [-0.2, -0.15) is 0 Å². The van der Waals surface area contributed by atoms with Crippen molar-refractivity contribution >= 4 is 28.3 Å². The van der Waals surface area contributed by atoms with E-state index < -0.39 is 16.1 Å². The van der Waals surface area contributed by atoms with Crippen molar-refractivity contribution in [3.8, 4) is 0 Å². The summed E-state index contributed by atoms with van der Waals surface area (Å²) in [6.07, 6.45) is 2.16. The van der Waals surface area contributed by atoms with Gasteiger partial charge in [-0.05, 0) is 24.7 Å². The maximum absolute atomic E-state index is 12.2. The molecule has 1 saturated heterocycles. The lowest BCUT2D eigenvalue weighted by molar-refractivity contribution is -0.124. The largest absolute Gasteiger partial charge is 0.352 e. The fraction of sp³-hybridized carbons (Fsp3) is 0.933. The first-order chi connectivity index (χ1) is 10.2. The van der Waals surface area contributed by atoms with E-state index in [0.717, 1.165) is 6.42 Å². The van der Waals surface area contributed by atoms with Crippen LogP contribution in [0.3, 0.4) is 0 Å². The van der Waals surface area contributed by atoms with Crippen LogP contribution in [0.2, 0.25) is 0 Å². The van der Waals surface area contributed by atoms with Crippen LogP contribution in [0.25, 0.3) is 0 Å². The van der Waals surface area contributed by atoms with Gasteiger partial charge in [0.2, 0.25) is 15.9 Å². The number of rotatable bonds is 7. The van der Waals surface area contributed by atoms with Gasteiger partial charge in [-0.15, -0.1) is 12.4 Å². The first-order valence-electron chi connectivity index (χ1n) is 8.21. The van der Waals surface area contributed by atoms with Crippen LogP contribution in [0.15, 0.2) is 0 Å². The Kier molecular flexibility index (Phi) is 9.65. The average Bonchev–Trinajstić information content (AvgIpc) is 2.44. The van der Waals surface area contributed by atoms with Crippen molar-refractivity contribution in [1.29, 1.82) is 0 Å². The molecule has 0 radical (unpaired) electrons. The van der Waals surface area contributed by atoms with Gasteiger partial charge in [0, 0.05) is 19.1 Å². The fourth-order valence-electron chi connectivity index (χ4n) is 2.61. The third kappa shape index (κ3) is 6.95. The van der Waals surface area contributed by atoms with Crippen molar-refractivity contribution in [2.75, 3.05) is 18.8 Å². The molecule has 2 unspecified atom stereocenters. The number of amides is 1. The molecule has 1 fully saturated rings. The summed E-state index contributed by atoms with van der Waals surface area (Å²) in [5, 5.41) is 2.96. The quantitative estimate of drug-likeness (QED) is 0.708. The molecule has 1 aliphatic rings. The smallest absolute Gasteiger partial charge is 0.237 e. The lowest BCUT2D eigenvalue weighted by Crippen LogP contribution is -2.52. The number of sulfonamides is 1. The Morgan fingerprint density at radius 3 is 2.22 bits per heavy atom. The standard InChI is InChI=1S/C15H31N3O3S.ClH/c1-5-12(4)14(16)15(19)17-13-6-8-18(9-7-13)22(20,21)10-11(2)3;/h11-14H,5-10,16H2,1-4H3,(H,17,19);1H. The van der Waals surface area contributed by atoms with Gasteiger partial charge in [0.1, 0.15) is 0 Å². The third-order valence-corrected chi connectivity index (χ3v) is 6.54. The number of nitrogens with zero attached hydrogens (tertiary/aromatic N) is 1. The summed E-state index contributed by atoms with van der Waals surface area (Å²) in [6.45, 7) is 8.72. The minimum Gasteiger partial charge on any atom is -0.352 e. The van der Waals surface area contributed by atoms with Gasteiger partial charge < -0.3 is 11.1 Å². The van der Waals surface area contributed by atoms with E-state index in [0.29, 0.717) is 25.9 Å². The zero-order chi connectivity index (χ0) is 16.9. The minimum absolute atomic E-state index is 0. The van der Waals surface area contributed by atoms with E-state index in [9.17, 15) is 13.2 Å². The zero-order valence-corrected chi connectivity index (χ0v) is 16.3. The van der Waals surface area contributed by atoms with Crippen molar-refractivity contribution in [2.24, 2.45) is 17.6 Å². The molecule has 0 aromatic carbocycles. The minimum atomic E-state index is -3.17. The lowest BCUT2D eigenvalue weighted by atomic mass is 9.98. The van der Waals surface area contributed by atoms with Crippen LogP contribution in [0.4, 0.5) is 0 Å². The Morgan fingerprint density at radius 2 is 1.78 bits per heavy atom. The summed E-state index contributed by atoms with van der Waals surface area (Å²) in [7, 11) is -3.17. The number of carbonyl (C=O) groups excluding carboxylic acids is 1. The third-order valence-electron chi connectivity index (χ3n) is 4.30. The van der Waals surface area contributed by atoms with Crippen LogP contribution in [-0.4, -0.2) is 49.6 Å². The van der Waals surface area contributed by atoms with Crippen LogP contribution in [-0.2, 0) is 14.8 Å². The molecule has 0 saturated carbocycles. The Hall–Kier alpha value is -0.370. The van der Waals surface area contributed by atoms with Crippen LogP contribution in [0, 0.1) is 11.8 Å². The zero-order valence-electron chi connectivity index (χ0n) is 14.6. The molecule has 0 aromatic heterocycles. The van der Waals surface area contributed by atoms with Crippen LogP contribution in [0.5, 0.6) is 0 Å². The number of nitrogens with two attached hydrogens (primary N) is 1.